The topological polar surface area (TPSA) is 49.4 Å². The second kappa shape index (κ2) is 3.79. The van der Waals surface area contributed by atoms with E-state index in [1.165, 1.54) is 0 Å². The highest BCUT2D eigenvalue weighted by atomic mass is 32.2. The molecule has 5 heteroatoms. The predicted octanol–water partition coefficient (Wildman–Crippen LogP) is -0.123. The minimum atomic E-state index is -2.95. The molecule has 2 unspecified atom stereocenters. The van der Waals surface area contributed by atoms with Crippen molar-refractivity contribution in [1.82, 2.24) is 9.62 Å². The summed E-state index contributed by atoms with van der Waals surface area (Å²) in [6.07, 6.45) is 1.02. The first-order valence-corrected chi connectivity index (χ1v) is 6.93. The fraction of sp³-hybridized carbons (Fsp3) is 1.00. The number of sulfonamides is 1. The van der Waals surface area contributed by atoms with E-state index in [9.17, 15) is 8.42 Å². The first kappa shape index (κ1) is 10.4. The number of nitrogens with zero attached hydrogens (tertiary/aromatic N) is 1. The van der Waals surface area contributed by atoms with Crippen LogP contribution in [0.2, 0.25) is 0 Å². The Morgan fingerprint density at radius 3 is 2.79 bits per heavy atom. The summed E-state index contributed by atoms with van der Waals surface area (Å²) in [5.41, 5.74) is 0. The van der Waals surface area contributed by atoms with Crippen LogP contribution in [-0.2, 0) is 10.0 Å². The summed E-state index contributed by atoms with van der Waals surface area (Å²) < 4.78 is 25.0. The fourth-order valence-corrected chi connectivity index (χ4v) is 3.60. The van der Waals surface area contributed by atoms with Crippen molar-refractivity contribution in [1.29, 1.82) is 0 Å². The Morgan fingerprint density at radius 2 is 2.07 bits per heavy atom. The second-order valence-corrected chi connectivity index (χ2v) is 6.48. The molecule has 4 nitrogen and oxygen atoms in total. The highest BCUT2D eigenvalue weighted by Gasteiger charge is 2.36. The molecule has 0 aromatic carbocycles. The molecule has 2 rings (SSSR count). The zero-order chi connectivity index (χ0) is 10.2. The largest absolute Gasteiger partial charge is 0.316 e. The molecule has 82 valence electrons. The van der Waals surface area contributed by atoms with Crippen LogP contribution in [0, 0.1) is 11.8 Å². The maximum atomic E-state index is 11.6. The molecule has 0 aromatic rings. The first-order chi connectivity index (χ1) is 6.63. The average molecular weight is 218 g/mol. The van der Waals surface area contributed by atoms with Gasteiger partial charge >= 0.3 is 0 Å². The maximum Gasteiger partial charge on any atom is 0.213 e. The third-order valence-corrected chi connectivity index (χ3v) is 5.27. The molecule has 2 atom stereocenters. The van der Waals surface area contributed by atoms with E-state index in [0.717, 1.165) is 32.6 Å². The van der Waals surface area contributed by atoms with Crippen LogP contribution in [0.1, 0.15) is 13.3 Å². The summed E-state index contributed by atoms with van der Waals surface area (Å²) in [6, 6.07) is 0. The number of hydrogen-bond acceptors (Lipinski definition) is 3. The molecular weight excluding hydrogens is 200 g/mol. The molecule has 1 N–H and O–H groups in total. The van der Waals surface area contributed by atoms with E-state index in [0.29, 0.717) is 11.8 Å². The Kier molecular flexibility index (Phi) is 2.81. The van der Waals surface area contributed by atoms with Gasteiger partial charge < -0.3 is 5.32 Å². The van der Waals surface area contributed by atoms with E-state index < -0.39 is 10.0 Å². The molecule has 2 saturated heterocycles. The Balaban J connectivity index is 2.04. The standard InChI is InChI=1S/C9H18N2O2S/c1-2-14(12,13)11-4-3-8-5-10-6-9(8)7-11/h8-10H,2-7H2,1H3. The number of nitrogens with one attached hydrogen (secondary N) is 1. The minimum Gasteiger partial charge on any atom is -0.316 e. The van der Waals surface area contributed by atoms with Gasteiger partial charge in [0.05, 0.1) is 5.75 Å². The van der Waals surface area contributed by atoms with E-state index in [-0.39, 0.29) is 5.75 Å². The molecule has 2 aliphatic heterocycles. The van der Waals surface area contributed by atoms with Gasteiger partial charge in [0.25, 0.3) is 0 Å². The summed E-state index contributed by atoms with van der Waals surface area (Å²) in [6.45, 7) is 5.23. The molecule has 2 aliphatic rings. The van der Waals surface area contributed by atoms with Crippen LogP contribution in [0.5, 0.6) is 0 Å². The van der Waals surface area contributed by atoms with Crippen molar-refractivity contribution >= 4 is 10.0 Å². The predicted molar refractivity (Wildman–Crippen MR) is 55.5 cm³/mol. The molecule has 0 saturated carbocycles. The molecule has 0 aromatic heterocycles. The molecule has 0 radical (unpaired) electrons. The summed E-state index contributed by atoms with van der Waals surface area (Å²) in [5, 5.41) is 3.33. The van der Waals surface area contributed by atoms with Crippen LogP contribution >= 0.6 is 0 Å². The van der Waals surface area contributed by atoms with E-state index in [1.807, 2.05) is 0 Å². The molecule has 0 spiro atoms. The first-order valence-electron chi connectivity index (χ1n) is 5.32. The Labute approximate surface area is 85.7 Å². The molecule has 0 amide bonds. The molecule has 0 aliphatic carbocycles. The normalized spacial score (nSPS) is 34.4. The average Bonchev–Trinajstić information content (AvgIpc) is 2.64. The van der Waals surface area contributed by atoms with Crippen molar-refractivity contribution in [2.75, 3.05) is 31.9 Å². The summed E-state index contributed by atoms with van der Waals surface area (Å²) in [5.74, 6) is 1.49. The van der Waals surface area contributed by atoms with Gasteiger partial charge in [0.2, 0.25) is 10.0 Å². The minimum absolute atomic E-state index is 0.234. The van der Waals surface area contributed by atoms with Gasteiger partial charge in [-0.1, -0.05) is 0 Å². The zero-order valence-electron chi connectivity index (χ0n) is 8.57. The van der Waals surface area contributed by atoms with Crippen molar-refractivity contribution < 1.29 is 8.42 Å². The van der Waals surface area contributed by atoms with Gasteiger partial charge in [-0.3, -0.25) is 0 Å². The van der Waals surface area contributed by atoms with Crippen LogP contribution in [0.15, 0.2) is 0 Å². The number of rotatable bonds is 2. The molecule has 2 fully saturated rings. The quantitative estimate of drug-likeness (QED) is 0.703. The Morgan fingerprint density at radius 1 is 1.36 bits per heavy atom. The zero-order valence-corrected chi connectivity index (χ0v) is 9.39. The maximum absolute atomic E-state index is 11.6. The van der Waals surface area contributed by atoms with Crippen LogP contribution < -0.4 is 5.32 Å². The SMILES string of the molecule is CCS(=O)(=O)N1CCC2CNCC2C1. The van der Waals surface area contributed by atoms with Crippen molar-refractivity contribution in [3.8, 4) is 0 Å². The third kappa shape index (κ3) is 1.81. The number of piperidine rings is 1. The van der Waals surface area contributed by atoms with Gasteiger partial charge in [-0.2, -0.15) is 0 Å². The lowest BCUT2D eigenvalue weighted by Crippen LogP contribution is -2.43. The van der Waals surface area contributed by atoms with Crippen molar-refractivity contribution in [3.63, 3.8) is 0 Å². The van der Waals surface area contributed by atoms with Crippen LogP contribution in [0.25, 0.3) is 0 Å². The van der Waals surface area contributed by atoms with E-state index in [2.05, 4.69) is 5.32 Å². The second-order valence-electron chi connectivity index (χ2n) is 4.23. The molecule has 14 heavy (non-hydrogen) atoms. The lowest BCUT2D eigenvalue weighted by Gasteiger charge is -2.33. The number of hydrogen-bond donors (Lipinski definition) is 1. The Bertz CT molecular complexity index is 302. The van der Waals surface area contributed by atoms with Crippen LogP contribution in [0.3, 0.4) is 0 Å². The number of fused-ring (bicyclic) bond motifs is 1. The van der Waals surface area contributed by atoms with Crippen molar-refractivity contribution in [2.45, 2.75) is 13.3 Å². The summed E-state index contributed by atoms with van der Waals surface area (Å²) >= 11 is 0. The van der Waals surface area contributed by atoms with E-state index in [4.69, 9.17) is 0 Å². The van der Waals surface area contributed by atoms with Crippen LogP contribution in [0.4, 0.5) is 0 Å². The lowest BCUT2D eigenvalue weighted by atomic mass is 9.90. The summed E-state index contributed by atoms with van der Waals surface area (Å²) in [4.78, 5) is 0. The molecule has 0 bridgehead atoms. The van der Waals surface area contributed by atoms with Gasteiger partial charge in [0, 0.05) is 13.1 Å². The van der Waals surface area contributed by atoms with Gasteiger partial charge in [-0.25, -0.2) is 12.7 Å². The monoisotopic (exact) mass is 218 g/mol. The molecule has 2 heterocycles. The summed E-state index contributed by atoms with van der Waals surface area (Å²) in [7, 11) is -2.95. The van der Waals surface area contributed by atoms with Gasteiger partial charge in [0.1, 0.15) is 0 Å². The highest BCUT2D eigenvalue weighted by Crippen LogP contribution is 2.27. The van der Waals surface area contributed by atoms with Crippen LogP contribution in [-0.4, -0.2) is 44.7 Å². The van der Waals surface area contributed by atoms with Crippen molar-refractivity contribution in [3.05, 3.63) is 0 Å². The third-order valence-electron chi connectivity index (χ3n) is 3.43. The van der Waals surface area contributed by atoms with E-state index >= 15 is 0 Å². The van der Waals surface area contributed by atoms with Crippen molar-refractivity contribution in [2.24, 2.45) is 11.8 Å². The highest BCUT2D eigenvalue weighted by molar-refractivity contribution is 7.89. The van der Waals surface area contributed by atoms with Gasteiger partial charge in [-0.15, -0.1) is 0 Å². The van der Waals surface area contributed by atoms with Gasteiger partial charge in [0.15, 0.2) is 0 Å². The smallest absolute Gasteiger partial charge is 0.213 e. The van der Waals surface area contributed by atoms with Gasteiger partial charge in [-0.05, 0) is 38.3 Å². The van der Waals surface area contributed by atoms with E-state index in [1.54, 1.807) is 11.2 Å². The lowest BCUT2D eigenvalue weighted by molar-refractivity contribution is 0.228. The Hall–Kier alpha value is -0.130. The fourth-order valence-electron chi connectivity index (χ4n) is 2.44. The molecular formula is C9H18N2O2S.